The standard InChI is InChI=1S/C29H36N2O3/c32-28(30-25-11-18-33-19-12-25)22-6-4-21(5-7-22)23-8-9-27-24(20-23)10-13-29(34-27)14-16-31(17-15-29)26-2-1-3-26/h4-9,20,25-26H,1-3,10-19H2,(H,30,32). The number of fused-ring (bicyclic) bond motifs is 1. The van der Waals surface area contributed by atoms with Gasteiger partial charge in [-0.1, -0.05) is 24.6 Å². The highest BCUT2D eigenvalue weighted by Crippen LogP contribution is 2.42. The van der Waals surface area contributed by atoms with E-state index in [1.54, 1.807) is 0 Å². The van der Waals surface area contributed by atoms with Gasteiger partial charge in [-0.15, -0.1) is 0 Å². The molecule has 3 heterocycles. The molecule has 0 atom stereocenters. The van der Waals surface area contributed by atoms with Gasteiger partial charge in [0.05, 0.1) is 0 Å². The Morgan fingerprint density at radius 1 is 0.912 bits per heavy atom. The van der Waals surface area contributed by atoms with E-state index in [-0.39, 0.29) is 17.6 Å². The predicted molar refractivity (Wildman–Crippen MR) is 133 cm³/mol. The topological polar surface area (TPSA) is 50.8 Å². The maximum atomic E-state index is 12.6. The zero-order chi connectivity index (χ0) is 23.0. The van der Waals surface area contributed by atoms with Crippen LogP contribution in [0.5, 0.6) is 5.75 Å². The number of rotatable bonds is 4. The van der Waals surface area contributed by atoms with Crippen molar-refractivity contribution in [1.29, 1.82) is 0 Å². The Labute approximate surface area is 202 Å². The van der Waals surface area contributed by atoms with Crippen molar-refractivity contribution in [2.24, 2.45) is 0 Å². The van der Waals surface area contributed by atoms with Crippen LogP contribution in [-0.4, -0.2) is 54.8 Å². The highest BCUT2D eigenvalue weighted by atomic mass is 16.5. The van der Waals surface area contributed by atoms with Crippen LogP contribution in [0, 0.1) is 0 Å². The average Bonchev–Trinajstić information content (AvgIpc) is 2.85. The molecule has 3 aliphatic heterocycles. The molecule has 1 amide bonds. The van der Waals surface area contributed by atoms with Gasteiger partial charge in [-0.25, -0.2) is 0 Å². The molecule has 2 saturated heterocycles. The fourth-order valence-corrected chi connectivity index (χ4v) is 6.03. The summed E-state index contributed by atoms with van der Waals surface area (Å²) in [7, 11) is 0. The second-order valence-corrected chi connectivity index (χ2v) is 10.7. The molecule has 0 bridgehead atoms. The number of amides is 1. The van der Waals surface area contributed by atoms with Gasteiger partial charge in [0.2, 0.25) is 0 Å². The number of hydrogen-bond acceptors (Lipinski definition) is 4. The molecule has 6 rings (SSSR count). The summed E-state index contributed by atoms with van der Waals surface area (Å²) in [6.07, 6.45) is 10.5. The predicted octanol–water partition coefficient (Wildman–Crippen LogP) is 4.97. The van der Waals surface area contributed by atoms with Gasteiger partial charge in [0.1, 0.15) is 11.4 Å². The van der Waals surface area contributed by atoms with E-state index in [1.165, 1.54) is 43.5 Å². The number of likely N-dealkylation sites (tertiary alicyclic amines) is 1. The molecule has 3 fully saturated rings. The number of nitrogens with zero attached hydrogens (tertiary/aromatic N) is 1. The summed E-state index contributed by atoms with van der Waals surface area (Å²) in [5.41, 5.74) is 4.39. The van der Waals surface area contributed by atoms with Crippen LogP contribution in [0.15, 0.2) is 42.5 Å². The normalized spacial score (nSPS) is 23.1. The summed E-state index contributed by atoms with van der Waals surface area (Å²) in [4.78, 5) is 15.3. The molecule has 5 nitrogen and oxygen atoms in total. The van der Waals surface area contributed by atoms with Gasteiger partial charge >= 0.3 is 0 Å². The van der Waals surface area contributed by atoms with E-state index in [1.807, 2.05) is 12.1 Å². The van der Waals surface area contributed by atoms with Crippen molar-refractivity contribution in [2.45, 2.75) is 75.5 Å². The van der Waals surface area contributed by atoms with Crippen molar-refractivity contribution in [3.63, 3.8) is 0 Å². The summed E-state index contributed by atoms with van der Waals surface area (Å²) in [5.74, 6) is 1.07. The minimum Gasteiger partial charge on any atom is -0.487 e. The third-order valence-electron chi connectivity index (χ3n) is 8.57. The summed E-state index contributed by atoms with van der Waals surface area (Å²) in [5, 5.41) is 3.14. The van der Waals surface area contributed by atoms with Crippen molar-refractivity contribution in [2.75, 3.05) is 26.3 Å². The van der Waals surface area contributed by atoms with Crippen LogP contribution >= 0.6 is 0 Å². The van der Waals surface area contributed by atoms with Crippen LogP contribution in [0.25, 0.3) is 11.1 Å². The molecule has 1 aliphatic carbocycles. The number of piperidine rings is 1. The highest BCUT2D eigenvalue weighted by Gasteiger charge is 2.41. The molecular weight excluding hydrogens is 424 g/mol. The van der Waals surface area contributed by atoms with E-state index in [0.717, 1.165) is 69.1 Å². The first-order valence-electron chi connectivity index (χ1n) is 13.2. The van der Waals surface area contributed by atoms with Crippen molar-refractivity contribution in [1.82, 2.24) is 10.2 Å². The Morgan fingerprint density at radius 3 is 2.35 bits per heavy atom. The first kappa shape index (κ1) is 22.1. The summed E-state index contributed by atoms with van der Waals surface area (Å²) in [6, 6.07) is 15.7. The molecule has 5 heteroatoms. The van der Waals surface area contributed by atoms with Gasteiger partial charge in [-0.3, -0.25) is 4.79 Å². The lowest BCUT2D eigenvalue weighted by atomic mass is 9.81. The van der Waals surface area contributed by atoms with Crippen LogP contribution < -0.4 is 10.1 Å². The van der Waals surface area contributed by atoms with E-state index in [4.69, 9.17) is 9.47 Å². The summed E-state index contributed by atoms with van der Waals surface area (Å²) >= 11 is 0. The highest BCUT2D eigenvalue weighted by molar-refractivity contribution is 5.94. The number of carbonyl (C=O) groups is 1. The SMILES string of the molecule is O=C(NC1CCOCC1)c1ccc(-c2ccc3c(c2)CCC2(CCN(C4CCC4)CC2)O3)cc1. The lowest BCUT2D eigenvalue weighted by molar-refractivity contribution is -0.0336. The largest absolute Gasteiger partial charge is 0.487 e. The van der Waals surface area contributed by atoms with E-state index < -0.39 is 0 Å². The average molecular weight is 461 g/mol. The molecule has 0 radical (unpaired) electrons. The Hall–Kier alpha value is -2.37. The lowest BCUT2D eigenvalue weighted by Gasteiger charge is -2.48. The van der Waals surface area contributed by atoms with Crippen molar-refractivity contribution in [3.8, 4) is 16.9 Å². The molecule has 4 aliphatic rings. The second-order valence-electron chi connectivity index (χ2n) is 10.7. The number of carbonyl (C=O) groups excluding carboxylic acids is 1. The smallest absolute Gasteiger partial charge is 0.251 e. The van der Waals surface area contributed by atoms with Gasteiger partial charge in [0.25, 0.3) is 5.91 Å². The van der Waals surface area contributed by atoms with Gasteiger partial charge in [0.15, 0.2) is 0 Å². The van der Waals surface area contributed by atoms with Crippen LogP contribution in [0.1, 0.15) is 67.3 Å². The number of hydrogen-bond donors (Lipinski definition) is 1. The third kappa shape index (κ3) is 4.48. The maximum Gasteiger partial charge on any atom is 0.251 e. The fourth-order valence-electron chi connectivity index (χ4n) is 6.03. The number of ether oxygens (including phenoxy) is 2. The molecule has 1 saturated carbocycles. The Balaban J connectivity index is 1.10. The first-order valence-corrected chi connectivity index (χ1v) is 13.2. The number of aryl methyl sites for hydroxylation is 1. The second kappa shape index (κ2) is 9.35. The Kier molecular flexibility index (Phi) is 6.08. The zero-order valence-corrected chi connectivity index (χ0v) is 20.1. The van der Waals surface area contributed by atoms with E-state index >= 15 is 0 Å². The molecule has 34 heavy (non-hydrogen) atoms. The molecule has 2 aromatic rings. The minimum atomic E-state index is 0.00550. The summed E-state index contributed by atoms with van der Waals surface area (Å²) < 4.78 is 12.0. The fraction of sp³-hybridized carbons (Fsp3) is 0.552. The van der Waals surface area contributed by atoms with E-state index in [2.05, 4.69) is 40.5 Å². The van der Waals surface area contributed by atoms with Crippen LogP contribution in [-0.2, 0) is 11.2 Å². The van der Waals surface area contributed by atoms with Gasteiger partial charge in [-0.2, -0.15) is 0 Å². The van der Waals surface area contributed by atoms with Crippen molar-refractivity contribution in [3.05, 3.63) is 53.6 Å². The van der Waals surface area contributed by atoms with E-state index in [9.17, 15) is 4.79 Å². The first-order chi connectivity index (χ1) is 16.7. The maximum absolute atomic E-state index is 12.6. The molecular formula is C29H36N2O3. The minimum absolute atomic E-state index is 0.00550. The van der Waals surface area contributed by atoms with Crippen LogP contribution in [0.4, 0.5) is 0 Å². The monoisotopic (exact) mass is 460 g/mol. The number of benzene rings is 2. The van der Waals surface area contributed by atoms with Crippen LogP contribution in [0.3, 0.4) is 0 Å². The van der Waals surface area contributed by atoms with Crippen molar-refractivity contribution < 1.29 is 14.3 Å². The number of nitrogens with one attached hydrogen (secondary N) is 1. The molecule has 0 aromatic heterocycles. The van der Waals surface area contributed by atoms with Crippen LogP contribution in [0.2, 0.25) is 0 Å². The van der Waals surface area contributed by atoms with Gasteiger partial charge in [-0.05, 0) is 92.3 Å². The third-order valence-corrected chi connectivity index (χ3v) is 8.57. The Bertz CT molecular complexity index is 1020. The molecule has 2 aromatic carbocycles. The quantitative estimate of drug-likeness (QED) is 0.700. The molecule has 180 valence electrons. The molecule has 0 unspecified atom stereocenters. The summed E-state index contributed by atoms with van der Waals surface area (Å²) in [6.45, 7) is 3.83. The Morgan fingerprint density at radius 2 is 1.65 bits per heavy atom. The van der Waals surface area contributed by atoms with Crippen molar-refractivity contribution >= 4 is 5.91 Å². The van der Waals surface area contributed by atoms with E-state index in [0.29, 0.717) is 5.56 Å². The molecule has 1 spiro atoms. The van der Waals surface area contributed by atoms with Gasteiger partial charge < -0.3 is 19.7 Å². The van der Waals surface area contributed by atoms with Gasteiger partial charge in [0, 0.05) is 44.0 Å². The molecule has 1 N–H and O–H groups in total. The zero-order valence-electron chi connectivity index (χ0n) is 20.1. The lowest BCUT2D eigenvalue weighted by Crippen LogP contribution is -2.53.